The lowest BCUT2D eigenvalue weighted by atomic mass is 10.2. The van der Waals surface area contributed by atoms with Crippen LogP contribution in [0.2, 0.25) is 0 Å². The first-order chi connectivity index (χ1) is 8.93. The average molecular weight is 265 g/mol. The number of amides is 1. The van der Waals surface area contributed by atoms with Crippen LogP contribution in [0, 0.1) is 12.8 Å². The van der Waals surface area contributed by atoms with Gasteiger partial charge in [0.25, 0.3) is 5.91 Å². The molecular formula is C15H23NO3. The van der Waals surface area contributed by atoms with Gasteiger partial charge in [0, 0.05) is 6.61 Å². The number of hydrogen-bond donors (Lipinski definition) is 1. The largest absolute Gasteiger partial charge is 0.495 e. The Hall–Kier alpha value is -1.55. The summed E-state index contributed by atoms with van der Waals surface area (Å²) in [4.78, 5) is 12.0. The van der Waals surface area contributed by atoms with Crippen LogP contribution in [0.15, 0.2) is 18.2 Å². The van der Waals surface area contributed by atoms with E-state index in [4.69, 9.17) is 9.47 Å². The van der Waals surface area contributed by atoms with Crippen molar-refractivity contribution in [1.29, 1.82) is 0 Å². The summed E-state index contributed by atoms with van der Waals surface area (Å²) in [6.45, 7) is 8.38. The van der Waals surface area contributed by atoms with Gasteiger partial charge in [0.05, 0.1) is 12.8 Å². The first kappa shape index (κ1) is 15.5. The molecule has 19 heavy (non-hydrogen) atoms. The molecule has 0 aromatic heterocycles. The Morgan fingerprint density at radius 1 is 1.32 bits per heavy atom. The van der Waals surface area contributed by atoms with Gasteiger partial charge in [0.1, 0.15) is 11.9 Å². The predicted octanol–water partition coefficient (Wildman–Crippen LogP) is 3.00. The summed E-state index contributed by atoms with van der Waals surface area (Å²) in [6.07, 6.45) is -0.479. The van der Waals surface area contributed by atoms with Gasteiger partial charge in [-0.1, -0.05) is 19.9 Å². The minimum Gasteiger partial charge on any atom is -0.495 e. The van der Waals surface area contributed by atoms with Crippen molar-refractivity contribution in [1.82, 2.24) is 0 Å². The zero-order valence-electron chi connectivity index (χ0n) is 12.3. The molecule has 0 spiro atoms. The van der Waals surface area contributed by atoms with Gasteiger partial charge in [-0.3, -0.25) is 4.79 Å². The number of anilines is 1. The number of aryl methyl sites for hydroxylation is 1. The number of nitrogens with one attached hydrogen (secondary N) is 1. The van der Waals surface area contributed by atoms with E-state index in [1.807, 2.05) is 39.0 Å². The van der Waals surface area contributed by atoms with Crippen molar-refractivity contribution in [2.24, 2.45) is 5.92 Å². The molecule has 106 valence electrons. The zero-order valence-corrected chi connectivity index (χ0v) is 12.3. The molecule has 0 unspecified atom stereocenters. The summed E-state index contributed by atoms with van der Waals surface area (Å²) in [5.74, 6) is 0.892. The van der Waals surface area contributed by atoms with Gasteiger partial charge in [-0.25, -0.2) is 0 Å². The van der Waals surface area contributed by atoms with Crippen LogP contribution in [0.5, 0.6) is 5.75 Å². The van der Waals surface area contributed by atoms with E-state index in [1.165, 1.54) is 0 Å². The van der Waals surface area contributed by atoms with Crippen LogP contribution in [-0.2, 0) is 9.53 Å². The van der Waals surface area contributed by atoms with Crippen molar-refractivity contribution in [2.75, 3.05) is 19.0 Å². The molecule has 4 nitrogen and oxygen atoms in total. The lowest BCUT2D eigenvalue weighted by molar-refractivity contribution is -0.126. The Morgan fingerprint density at radius 2 is 2.00 bits per heavy atom. The van der Waals surface area contributed by atoms with E-state index < -0.39 is 6.10 Å². The number of carbonyl (C=O) groups is 1. The molecule has 1 atom stereocenters. The van der Waals surface area contributed by atoms with Crippen molar-refractivity contribution < 1.29 is 14.3 Å². The number of ether oxygens (including phenoxy) is 2. The highest BCUT2D eigenvalue weighted by molar-refractivity contribution is 5.95. The Morgan fingerprint density at radius 3 is 2.58 bits per heavy atom. The minimum atomic E-state index is -0.479. The fourth-order valence-electron chi connectivity index (χ4n) is 1.57. The van der Waals surface area contributed by atoms with Gasteiger partial charge >= 0.3 is 0 Å². The summed E-state index contributed by atoms with van der Waals surface area (Å²) >= 11 is 0. The van der Waals surface area contributed by atoms with Gasteiger partial charge < -0.3 is 14.8 Å². The number of benzene rings is 1. The van der Waals surface area contributed by atoms with Gasteiger partial charge in [0.2, 0.25) is 0 Å². The molecule has 0 saturated carbocycles. The van der Waals surface area contributed by atoms with Gasteiger partial charge in [-0.2, -0.15) is 0 Å². The molecule has 4 heteroatoms. The van der Waals surface area contributed by atoms with Crippen molar-refractivity contribution in [3.63, 3.8) is 0 Å². The van der Waals surface area contributed by atoms with Crippen LogP contribution < -0.4 is 10.1 Å². The predicted molar refractivity (Wildman–Crippen MR) is 76.6 cm³/mol. The molecule has 0 fully saturated rings. The first-order valence-electron chi connectivity index (χ1n) is 6.51. The van der Waals surface area contributed by atoms with Crippen LogP contribution in [0.1, 0.15) is 26.3 Å². The summed E-state index contributed by atoms with van der Waals surface area (Å²) in [6, 6.07) is 5.66. The summed E-state index contributed by atoms with van der Waals surface area (Å²) in [5, 5.41) is 2.84. The van der Waals surface area contributed by atoms with Crippen LogP contribution >= 0.6 is 0 Å². The van der Waals surface area contributed by atoms with E-state index in [1.54, 1.807) is 14.0 Å². The van der Waals surface area contributed by atoms with E-state index >= 15 is 0 Å². The number of carbonyl (C=O) groups excluding carboxylic acids is 1. The third-order valence-electron chi connectivity index (χ3n) is 2.66. The maximum atomic E-state index is 12.0. The van der Waals surface area contributed by atoms with E-state index in [9.17, 15) is 4.79 Å². The molecule has 0 aliphatic heterocycles. The number of hydrogen-bond acceptors (Lipinski definition) is 3. The summed E-state index contributed by atoms with van der Waals surface area (Å²) in [7, 11) is 1.58. The minimum absolute atomic E-state index is 0.162. The Bertz CT molecular complexity index is 429. The van der Waals surface area contributed by atoms with Crippen LogP contribution in [0.4, 0.5) is 5.69 Å². The van der Waals surface area contributed by atoms with Gasteiger partial charge in [0.15, 0.2) is 0 Å². The monoisotopic (exact) mass is 265 g/mol. The SMILES string of the molecule is COc1ccc(C)cc1NC(=O)[C@@H](C)OCC(C)C. The second-order valence-electron chi connectivity index (χ2n) is 5.06. The van der Waals surface area contributed by atoms with E-state index in [0.29, 0.717) is 24.0 Å². The molecule has 1 rings (SSSR count). The fourth-order valence-corrected chi connectivity index (χ4v) is 1.57. The van der Waals surface area contributed by atoms with Crippen molar-refractivity contribution in [3.05, 3.63) is 23.8 Å². The second-order valence-corrected chi connectivity index (χ2v) is 5.06. The molecule has 1 amide bonds. The lowest BCUT2D eigenvalue weighted by Gasteiger charge is -2.16. The summed E-state index contributed by atoms with van der Waals surface area (Å²) in [5.41, 5.74) is 1.74. The second kappa shape index (κ2) is 7.14. The highest BCUT2D eigenvalue weighted by Crippen LogP contribution is 2.25. The molecule has 1 N–H and O–H groups in total. The Labute approximate surface area is 115 Å². The van der Waals surface area contributed by atoms with Crippen LogP contribution in [0.3, 0.4) is 0 Å². The van der Waals surface area contributed by atoms with Gasteiger partial charge in [-0.15, -0.1) is 0 Å². The molecule has 0 bridgehead atoms. The lowest BCUT2D eigenvalue weighted by Crippen LogP contribution is -2.29. The Kier molecular flexibility index (Phi) is 5.83. The third kappa shape index (κ3) is 4.91. The van der Waals surface area contributed by atoms with E-state index in [-0.39, 0.29) is 5.91 Å². The standard InChI is InChI=1S/C15H23NO3/c1-10(2)9-19-12(4)15(17)16-13-8-11(3)6-7-14(13)18-5/h6-8,10,12H,9H2,1-5H3,(H,16,17)/t12-/m1/s1. The van der Waals surface area contributed by atoms with E-state index in [0.717, 1.165) is 5.56 Å². The molecule has 0 saturated heterocycles. The molecular weight excluding hydrogens is 242 g/mol. The summed E-state index contributed by atoms with van der Waals surface area (Å²) < 4.78 is 10.7. The van der Waals surface area contributed by atoms with Crippen molar-refractivity contribution in [2.45, 2.75) is 33.8 Å². The maximum Gasteiger partial charge on any atom is 0.253 e. The maximum absolute atomic E-state index is 12.0. The molecule has 0 heterocycles. The highest BCUT2D eigenvalue weighted by atomic mass is 16.5. The van der Waals surface area contributed by atoms with Crippen molar-refractivity contribution in [3.8, 4) is 5.75 Å². The zero-order chi connectivity index (χ0) is 14.4. The van der Waals surface area contributed by atoms with E-state index in [2.05, 4.69) is 5.32 Å². The number of methoxy groups -OCH3 is 1. The molecule has 0 aliphatic carbocycles. The molecule has 1 aromatic rings. The van der Waals surface area contributed by atoms with Crippen LogP contribution in [-0.4, -0.2) is 25.7 Å². The average Bonchev–Trinajstić information content (AvgIpc) is 2.36. The highest BCUT2D eigenvalue weighted by Gasteiger charge is 2.16. The molecule has 0 radical (unpaired) electrons. The van der Waals surface area contributed by atoms with Crippen LogP contribution in [0.25, 0.3) is 0 Å². The smallest absolute Gasteiger partial charge is 0.253 e. The normalized spacial score (nSPS) is 12.3. The quantitative estimate of drug-likeness (QED) is 0.860. The Balaban J connectivity index is 2.68. The van der Waals surface area contributed by atoms with Gasteiger partial charge in [-0.05, 0) is 37.5 Å². The van der Waals surface area contributed by atoms with Crippen molar-refractivity contribution >= 4 is 11.6 Å². The third-order valence-corrected chi connectivity index (χ3v) is 2.66. The number of rotatable bonds is 6. The topological polar surface area (TPSA) is 47.6 Å². The first-order valence-corrected chi connectivity index (χ1v) is 6.51. The fraction of sp³-hybridized carbons (Fsp3) is 0.533. The molecule has 1 aromatic carbocycles. The molecule has 0 aliphatic rings.